The van der Waals surface area contributed by atoms with E-state index in [2.05, 4.69) is 18.7 Å². The Bertz CT molecular complexity index is 623. The van der Waals surface area contributed by atoms with Gasteiger partial charge in [-0.25, -0.2) is 0 Å². The van der Waals surface area contributed by atoms with E-state index in [0.717, 1.165) is 25.1 Å². The standard InChI is InChI=1S/C19H23NO2/c1-3-12-20(4-2)14-17-13-16(10-11-18(17)21)19(22)15-8-6-5-7-9-15/h5-11,13,21H,3-4,12,14H2,1-2H3. The number of carbonyl (C=O) groups is 1. The summed E-state index contributed by atoms with van der Waals surface area (Å²) >= 11 is 0. The van der Waals surface area contributed by atoms with Crippen LogP contribution in [0.1, 0.15) is 41.8 Å². The van der Waals surface area contributed by atoms with Crippen LogP contribution >= 0.6 is 0 Å². The van der Waals surface area contributed by atoms with Crippen molar-refractivity contribution in [2.24, 2.45) is 0 Å². The molecule has 0 amide bonds. The normalized spacial score (nSPS) is 10.9. The molecule has 0 bridgehead atoms. The van der Waals surface area contributed by atoms with E-state index in [-0.39, 0.29) is 11.5 Å². The van der Waals surface area contributed by atoms with E-state index in [1.807, 2.05) is 36.4 Å². The summed E-state index contributed by atoms with van der Waals surface area (Å²) in [6, 6.07) is 14.3. The highest BCUT2D eigenvalue weighted by molar-refractivity contribution is 6.09. The fourth-order valence-corrected chi connectivity index (χ4v) is 2.52. The molecular weight excluding hydrogens is 274 g/mol. The summed E-state index contributed by atoms with van der Waals surface area (Å²) in [4.78, 5) is 14.8. The van der Waals surface area contributed by atoms with Gasteiger partial charge in [0.25, 0.3) is 0 Å². The molecule has 2 aromatic rings. The van der Waals surface area contributed by atoms with Gasteiger partial charge in [0.15, 0.2) is 5.78 Å². The maximum Gasteiger partial charge on any atom is 0.193 e. The lowest BCUT2D eigenvalue weighted by atomic mass is 10.0. The van der Waals surface area contributed by atoms with Gasteiger partial charge in [-0.05, 0) is 37.7 Å². The predicted molar refractivity (Wildman–Crippen MR) is 89.2 cm³/mol. The Morgan fingerprint density at radius 2 is 1.77 bits per heavy atom. The molecule has 0 spiro atoms. The quantitative estimate of drug-likeness (QED) is 0.789. The highest BCUT2D eigenvalue weighted by Crippen LogP contribution is 2.22. The molecule has 2 aromatic carbocycles. The number of phenols is 1. The van der Waals surface area contributed by atoms with Gasteiger partial charge in [-0.3, -0.25) is 9.69 Å². The van der Waals surface area contributed by atoms with Gasteiger partial charge in [0.05, 0.1) is 0 Å². The van der Waals surface area contributed by atoms with Crippen molar-refractivity contribution in [3.63, 3.8) is 0 Å². The Labute approximate surface area is 132 Å². The smallest absolute Gasteiger partial charge is 0.193 e. The Balaban J connectivity index is 2.24. The van der Waals surface area contributed by atoms with Crippen LogP contribution in [0, 0.1) is 0 Å². The molecule has 116 valence electrons. The average molecular weight is 297 g/mol. The third-order valence-corrected chi connectivity index (χ3v) is 3.76. The fourth-order valence-electron chi connectivity index (χ4n) is 2.52. The van der Waals surface area contributed by atoms with Crippen LogP contribution in [-0.4, -0.2) is 28.9 Å². The molecule has 0 fully saturated rings. The molecule has 0 aliphatic heterocycles. The monoisotopic (exact) mass is 297 g/mol. The lowest BCUT2D eigenvalue weighted by Gasteiger charge is -2.20. The third-order valence-electron chi connectivity index (χ3n) is 3.76. The molecule has 22 heavy (non-hydrogen) atoms. The highest BCUT2D eigenvalue weighted by atomic mass is 16.3. The number of benzene rings is 2. The summed E-state index contributed by atoms with van der Waals surface area (Å²) < 4.78 is 0. The predicted octanol–water partition coefficient (Wildman–Crippen LogP) is 3.86. The molecule has 1 N–H and O–H groups in total. The zero-order valence-corrected chi connectivity index (χ0v) is 13.2. The van der Waals surface area contributed by atoms with Crippen LogP contribution in [0.5, 0.6) is 5.75 Å². The number of hydrogen-bond donors (Lipinski definition) is 1. The highest BCUT2D eigenvalue weighted by Gasteiger charge is 2.13. The van der Waals surface area contributed by atoms with Crippen LogP contribution in [0.3, 0.4) is 0 Å². The Hall–Kier alpha value is -2.13. The van der Waals surface area contributed by atoms with E-state index >= 15 is 0 Å². The number of phenolic OH excluding ortho intramolecular Hbond substituents is 1. The molecular formula is C19H23NO2. The summed E-state index contributed by atoms with van der Waals surface area (Å²) in [5.41, 5.74) is 2.09. The summed E-state index contributed by atoms with van der Waals surface area (Å²) in [6.45, 7) is 6.80. The molecule has 0 aromatic heterocycles. The second kappa shape index (κ2) is 7.76. The van der Waals surface area contributed by atoms with Crippen LogP contribution < -0.4 is 0 Å². The summed E-state index contributed by atoms with van der Waals surface area (Å²) in [5.74, 6) is 0.236. The molecule has 2 rings (SSSR count). The van der Waals surface area contributed by atoms with Gasteiger partial charge in [0.1, 0.15) is 5.75 Å². The van der Waals surface area contributed by atoms with E-state index < -0.39 is 0 Å². The minimum atomic E-state index is -0.0135. The Morgan fingerprint density at radius 3 is 2.41 bits per heavy atom. The van der Waals surface area contributed by atoms with Crippen molar-refractivity contribution in [2.45, 2.75) is 26.8 Å². The fraction of sp³-hybridized carbons (Fsp3) is 0.316. The molecule has 0 radical (unpaired) electrons. The number of hydrogen-bond acceptors (Lipinski definition) is 3. The molecule has 0 saturated carbocycles. The molecule has 0 aliphatic rings. The first-order valence-corrected chi connectivity index (χ1v) is 7.79. The first-order chi connectivity index (χ1) is 10.7. The number of ketones is 1. The zero-order valence-electron chi connectivity index (χ0n) is 13.2. The van der Waals surface area contributed by atoms with Crippen molar-refractivity contribution in [1.29, 1.82) is 0 Å². The molecule has 3 nitrogen and oxygen atoms in total. The van der Waals surface area contributed by atoms with Crippen molar-refractivity contribution in [1.82, 2.24) is 4.90 Å². The van der Waals surface area contributed by atoms with Crippen LogP contribution in [0.25, 0.3) is 0 Å². The maximum absolute atomic E-state index is 12.5. The summed E-state index contributed by atoms with van der Waals surface area (Å²) in [6.07, 6.45) is 1.07. The summed E-state index contributed by atoms with van der Waals surface area (Å²) in [7, 11) is 0. The van der Waals surface area contributed by atoms with E-state index in [1.165, 1.54) is 0 Å². The topological polar surface area (TPSA) is 40.5 Å². The first kappa shape index (κ1) is 16.2. The van der Waals surface area contributed by atoms with Crippen molar-refractivity contribution in [3.05, 3.63) is 65.2 Å². The SMILES string of the molecule is CCCN(CC)Cc1cc(C(=O)c2ccccc2)ccc1O. The minimum absolute atomic E-state index is 0.0135. The average Bonchev–Trinajstić information content (AvgIpc) is 2.56. The summed E-state index contributed by atoms with van der Waals surface area (Å²) in [5, 5.41) is 10.1. The van der Waals surface area contributed by atoms with Crippen LogP contribution in [0.2, 0.25) is 0 Å². The third kappa shape index (κ3) is 3.95. The molecule has 0 unspecified atom stereocenters. The molecule has 0 heterocycles. The Kier molecular flexibility index (Phi) is 5.73. The van der Waals surface area contributed by atoms with E-state index in [0.29, 0.717) is 17.7 Å². The van der Waals surface area contributed by atoms with Crippen LogP contribution in [-0.2, 0) is 6.54 Å². The number of nitrogens with zero attached hydrogens (tertiary/aromatic N) is 1. The number of rotatable bonds is 7. The van der Waals surface area contributed by atoms with E-state index in [4.69, 9.17) is 0 Å². The second-order valence-electron chi connectivity index (χ2n) is 5.41. The maximum atomic E-state index is 12.5. The Morgan fingerprint density at radius 1 is 1.05 bits per heavy atom. The van der Waals surface area contributed by atoms with Crippen molar-refractivity contribution < 1.29 is 9.90 Å². The van der Waals surface area contributed by atoms with Crippen molar-refractivity contribution in [3.8, 4) is 5.75 Å². The van der Waals surface area contributed by atoms with Crippen molar-refractivity contribution >= 4 is 5.78 Å². The zero-order chi connectivity index (χ0) is 15.9. The lowest BCUT2D eigenvalue weighted by Crippen LogP contribution is -2.23. The van der Waals surface area contributed by atoms with Gasteiger partial charge in [0.2, 0.25) is 0 Å². The van der Waals surface area contributed by atoms with Gasteiger partial charge < -0.3 is 5.11 Å². The molecule has 0 atom stereocenters. The largest absolute Gasteiger partial charge is 0.508 e. The van der Waals surface area contributed by atoms with Gasteiger partial charge >= 0.3 is 0 Å². The van der Waals surface area contributed by atoms with Crippen LogP contribution in [0.15, 0.2) is 48.5 Å². The van der Waals surface area contributed by atoms with E-state index in [1.54, 1.807) is 12.1 Å². The minimum Gasteiger partial charge on any atom is -0.508 e. The van der Waals surface area contributed by atoms with Crippen LogP contribution in [0.4, 0.5) is 0 Å². The number of aromatic hydroxyl groups is 1. The van der Waals surface area contributed by atoms with Gasteiger partial charge in [-0.2, -0.15) is 0 Å². The van der Waals surface area contributed by atoms with E-state index in [9.17, 15) is 9.90 Å². The van der Waals surface area contributed by atoms with Gasteiger partial charge in [0, 0.05) is 23.2 Å². The van der Waals surface area contributed by atoms with Gasteiger partial charge in [-0.15, -0.1) is 0 Å². The molecule has 0 aliphatic carbocycles. The number of carbonyl (C=O) groups excluding carboxylic acids is 1. The molecule has 3 heteroatoms. The molecule has 0 saturated heterocycles. The van der Waals surface area contributed by atoms with Crippen molar-refractivity contribution in [2.75, 3.05) is 13.1 Å². The first-order valence-electron chi connectivity index (χ1n) is 7.79. The lowest BCUT2D eigenvalue weighted by molar-refractivity contribution is 0.103. The second-order valence-corrected chi connectivity index (χ2v) is 5.41. The van der Waals surface area contributed by atoms with Gasteiger partial charge in [-0.1, -0.05) is 44.2 Å².